The molecule has 0 aromatic carbocycles. The number of nitrogens with two attached hydrogens (primary N) is 2. The van der Waals surface area contributed by atoms with Gasteiger partial charge in [0.2, 0.25) is 0 Å². The summed E-state index contributed by atoms with van der Waals surface area (Å²) in [5, 5.41) is 0. The highest BCUT2D eigenvalue weighted by Gasteiger charge is 2.13. The average Bonchev–Trinajstić information content (AvgIpc) is 2.09. The van der Waals surface area contributed by atoms with Crippen molar-refractivity contribution in [2.75, 3.05) is 5.73 Å². The Balaban J connectivity index is 3.22. The molecule has 6 heteroatoms. The number of aromatic nitrogens is 1. The Kier molecular flexibility index (Phi) is 3.37. The molecule has 0 aliphatic rings. The summed E-state index contributed by atoms with van der Waals surface area (Å²) in [6, 6.07) is 1.24. The van der Waals surface area contributed by atoms with Gasteiger partial charge in [0.15, 0.2) is 0 Å². The summed E-state index contributed by atoms with van der Waals surface area (Å²) >= 11 is 1.81. The highest BCUT2D eigenvalue weighted by molar-refractivity contribution is 14.1. The van der Waals surface area contributed by atoms with Gasteiger partial charge in [-0.1, -0.05) is 0 Å². The molecule has 4 N–H and O–H groups in total. The van der Waals surface area contributed by atoms with Crippen LogP contribution in [0.1, 0.15) is 17.7 Å². The molecule has 0 amide bonds. The monoisotopic (exact) mass is 299 g/mol. The minimum absolute atomic E-state index is 0.143. The Morgan fingerprint density at radius 2 is 2.15 bits per heavy atom. The molecule has 0 bridgehead atoms. The number of nitrogen functional groups attached to an aromatic ring is 1. The maximum atomic E-state index is 12.2. The Labute approximate surface area is 87.7 Å². The second kappa shape index (κ2) is 4.14. The van der Waals surface area contributed by atoms with Crippen LogP contribution < -0.4 is 11.5 Å². The first-order valence-electron chi connectivity index (χ1n) is 3.49. The molecule has 1 aromatic heterocycles. The van der Waals surface area contributed by atoms with Crippen molar-refractivity contribution in [3.63, 3.8) is 0 Å². The molecule has 0 saturated heterocycles. The predicted molar refractivity (Wildman–Crippen MR) is 54.2 cm³/mol. The average molecular weight is 299 g/mol. The van der Waals surface area contributed by atoms with Crippen LogP contribution in [0.2, 0.25) is 0 Å². The third-order valence-corrected chi connectivity index (χ3v) is 2.38. The Morgan fingerprint density at radius 1 is 1.54 bits per heavy atom. The van der Waals surface area contributed by atoms with Gasteiger partial charge < -0.3 is 11.5 Å². The first-order chi connectivity index (χ1) is 6.06. The van der Waals surface area contributed by atoms with Crippen LogP contribution in [0.25, 0.3) is 0 Å². The summed E-state index contributed by atoms with van der Waals surface area (Å²) in [4.78, 5) is 3.64. The molecule has 72 valence electrons. The SMILES string of the molecule is NCc1cc(C(F)F)nc(I)c1N. The Hall–Kier alpha value is -0.500. The second-order valence-corrected chi connectivity index (χ2v) is 3.44. The lowest BCUT2D eigenvalue weighted by Gasteiger charge is -2.07. The largest absolute Gasteiger partial charge is 0.396 e. The zero-order valence-corrected chi connectivity index (χ0v) is 8.76. The summed E-state index contributed by atoms with van der Waals surface area (Å²) in [6.07, 6.45) is -2.58. The lowest BCUT2D eigenvalue weighted by molar-refractivity contribution is 0.146. The number of alkyl halides is 2. The lowest BCUT2D eigenvalue weighted by atomic mass is 10.2. The minimum Gasteiger partial charge on any atom is -0.396 e. The van der Waals surface area contributed by atoms with Gasteiger partial charge in [0.1, 0.15) is 9.39 Å². The van der Waals surface area contributed by atoms with E-state index in [0.717, 1.165) is 0 Å². The summed E-state index contributed by atoms with van der Waals surface area (Å²) in [6.45, 7) is 0.143. The predicted octanol–water partition coefficient (Wildman–Crippen LogP) is 1.66. The first-order valence-corrected chi connectivity index (χ1v) is 4.57. The van der Waals surface area contributed by atoms with E-state index in [-0.39, 0.29) is 12.2 Å². The van der Waals surface area contributed by atoms with Gasteiger partial charge in [-0.25, -0.2) is 13.8 Å². The molecule has 0 aliphatic heterocycles. The Morgan fingerprint density at radius 3 is 2.62 bits per heavy atom. The molecule has 1 rings (SSSR count). The number of rotatable bonds is 2. The molecule has 0 fully saturated rings. The van der Waals surface area contributed by atoms with Crippen molar-refractivity contribution >= 4 is 28.3 Å². The molecular formula is C7H8F2IN3. The number of halogens is 3. The van der Waals surface area contributed by atoms with Crippen molar-refractivity contribution in [2.24, 2.45) is 5.73 Å². The topological polar surface area (TPSA) is 64.9 Å². The van der Waals surface area contributed by atoms with E-state index < -0.39 is 6.43 Å². The maximum Gasteiger partial charge on any atom is 0.280 e. The molecule has 0 radical (unpaired) electrons. The quantitative estimate of drug-likeness (QED) is 0.645. The zero-order valence-electron chi connectivity index (χ0n) is 6.60. The summed E-state index contributed by atoms with van der Waals surface area (Å²) in [5.74, 6) is 0. The smallest absolute Gasteiger partial charge is 0.280 e. The lowest BCUT2D eigenvalue weighted by Crippen LogP contribution is -2.07. The van der Waals surface area contributed by atoms with Crippen LogP contribution in [-0.2, 0) is 6.54 Å². The van der Waals surface area contributed by atoms with Gasteiger partial charge in [-0.15, -0.1) is 0 Å². The van der Waals surface area contributed by atoms with E-state index in [1.165, 1.54) is 6.07 Å². The number of hydrogen-bond acceptors (Lipinski definition) is 3. The number of pyridine rings is 1. The van der Waals surface area contributed by atoms with Gasteiger partial charge in [-0.3, -0.25) is 0 Å². The van der Waals surface area contributed by atoms with Crippen molar-refractivity contribution in [1.29, 1.82) is 0 Å². The fourth-order valence-corrected chi connectivity index (χ4v) is 1.50. The van der Waals surface area contributed by atoms with Gasteiger partial charge in [0.25, 0.3) is 6.43 Å². The molecule has 0 saturated carbocycles. The fourth-order valence-electron chi connectivity index (χ4n) is 0.875. The molecule has 0 aliphatic carbocycles. The van der Waals surface area contributed by atoms with E-state index in [4.69, 9.17) is 11.5 Å². The normalized spacial score (nSPS) is 10.8. The fraction of sp³-hybridized carbons (Fsp3) is 0.286. The molecular weight excluding hydrogens is 291 g/mol. The van der Waals surface area contributed by atoms with Crippen LogP contribution in [0.3, 0.4) is 0 Å². The van der Waals surface area contributed by atoms with Gasteiger partial charge in [-0.05, 0) is 34.2 Å². The Bertz CT molecular complexity index is 317. The van der Waals surface area contributed by atoms with Gasteiger partial charge in [-0.2, -0.15) is 0 Å². The van der Waals surface area contributed by atoms with Crippen LogP contribution in [0, 0.1) is 3.70 Å². The summed E-state index contributed by atoms with van der Waals surface area (Å²) in [5.41, 5.74) is 11.5. The molecule has 1 heterocycles. The van der Waals surface area contributed by atoms with Crippen LogP contribution in [0.4, 0.5) is 14.5 Å². The van der Waals surface area contributed by atoms with E-state index in [9.17, 15) is 8.78 Å². The number of hydrogen-bond donors (Lipinski definition) is 2. The van der Waals surface area contributed by atoms with Crippen molar-refractivity contribution in [2.45, 2.75) is 13.0 Å². The van der Waals surface area contributed by atoms with Crippen LogP contribution >= 0.6 is 22.6 Å². The summed E-state index contributed by atoms with van der Waals surface area (Å²) < 4.78 is 24.9. The number of anilines is 1. The third kappa shape index (κ3) is 2.25. The minimum atomic E-state index is -2.58. The van der Waals surface area contributed by atoms with Crippen molar-refractivity contribution < 1.29 is 8.78 Å². The van der Waals surface area contributed by atoms with Gasteiger partial charge >= 0.3 is 0 Å². The summed E-state index contributed by atoms with van der Waals surface area (Å²) in [7, 11) is 0. The zero-order chi connectivity index (χ0) is 10.0. The molecule has 3 nitrogen and oxygen atoms in total. The third-order valence-electron chi connectivity index (χ3n) is 1.56. The number of nitrogens with zero attached hydrogens (tertiary/aromatic N) is 1. The molecule has 0 spiro atoms. The van der Waals surface area contributed by atoms with E-state index in [2.05, 4.69) is 4.98 Å². The van der Waals surface area contributed by atoms with Crippen LogP contribution in [-0.4, -0.2) is 4.98 Å². The first kappa shape index (κ1) is 10.6. The van der Waals surface area contributed by atoms with Gasteiger partial charge in [0, 0.05) is 6.54 Å². The maximum absolute atomic E-state index is 12.2. The molecule has 13 heavy (non-hydrogen) atoms. The van der Waals surface area contributed by atoms with Crippen molar-refractivity contribution in [3.8, 4) is 0 Å². The highest BCUT2D eigenvalue weighted by atomic mass is 127. The second-order valence-electron chi connectivity index (χ2n) is 2.42. The molecule has 0 unspecified atom stereocenters. The van der Waals surface area contributed by atoms with Crippen molar-refractivity contribution in [3.05, 3.63) is 21.0 Å². The van der Waals surface area contributed by atoms with Crippen molar-refractivity contribution in [1.82, 2.24) is 4.98 Å². The van der Waals surface area contributed by atoms with Crippen LogP contribution in [0.15, 0.2) is 6.07 Å². The highest BCUT2D eigenvalue weighted by Crippen LogP contribution is 2.24. The van der Waals surface area contributed by atoms with Gasteiger partial charge in [0.05, 0.1) is 5.69 Å². The van der Waals surface area contributed by atoms with E-state index in [1.807, 2.05) is 22.6 Å². The van der Waals surface area contributed by atoms with Crippen LogP contribution in [0.5, 0.6) is 0 Å². The molecule has 0 atom stereocenters. The van der Waals surface area contributed by atoms with E-state index >= 15 is 0 Å². The molecule has 1 aromatic rings. The van der Waals surface area contributed by atoms with E-state index in [1.54, 1.807) is 0 Å². The van der Waals surface area contributed by atoms with E-state index in [0.29, 0.717) is 15.0 Å². The standard InChI is InChI=1S/C7H8F2IN3/c8-6(9)4-1-3(2-11)5(12)7(10)13-4/h1,6H,2,11-12H2.